The molecule has 1 rings (SSSR count). The number of hydrogen-bond donors (Lipinski definition) is 2. The van der Waals surface area contributed by atoms with Gasteiger partial charge in [0.1, 0.15) is 0 Å². The second-order valence-corrected chi connectivity index (χ2v) is 5.15. The summed E-state index contributed by atoms with van der Waals surface area (Å²) in [4.78, 5) is 11.6. The summed E-state index contributed by atoms with van der Waals surface area (Å²) in [5, 5.41) is 10.2. The van der Waals surface area contributed by atoms with E-state index in [1.54, 1.807) is 11.3 Å². The Morgan fingerprint density at radius 1 is 1.44 bits per heavy atom. The van der Waals surface area contributed by atoms with Crippen LogP contribution in [0.5, 0.6) is 0 Å². The fourth-order valence-electron chi connectivity index (χ4n) is 1.21. The van der Waals surface area contributed by atoms with Crippen LogP contribution in [0, 0.1) is 5.92 Å². The monoisotopic (exact) mass is 240 g/mol. The predicted molar refractivity (Wildman–Crippen MR) is 68.5 cm³/mol. The maximum absolute atomic E-state index is 11.6. The molecule has 0 saturated heterocycles. The molecule has 1 aromatic rings. The average molecular weight is 240 g/mol. The van der Waals surface area contributed by atoms with Gasteiger partial charge in [-0.2, -0.15) is 11.3 Å². The Balaban J connectivity index is 2.23. The molecule has 3 nitrogen and oxygen atoms in total. The topological polar surface area (TPSA) is 41.1 Å². The molecule has 1 amide bonds. The molecule has 0 aromatic carbocycles. The maximum atomic E-state index is 11.6. The van der Waals surface area contributed by atoms with Crippen LogP contribution in [0.3, 0.4) is 0 Å². The summed E-state index contributed by atoms with van der Waals surface area (Å²) >= 11 is 1.67. The SMILES string of the molecule is CC(C)CNC(=O)C(C)NCc1ccsc1. The number of rotatable bonds is 6. The summed E-state index contributed by atoms with van der Waals surface area (Å²) in [5.74, 6) is 0.567. The van der Waals surface area contributed by atoms with Crippen LogP contribution in [0.1, 0.15) is 26.3 Å². The number of nitrogens with one attached hydrogen (secondary N) is 2. The molecule has 0 bridgehead atoms. The molecule has 0 aliphatic rings. The summed E-state index contributed by atoms with van der Waals surface area (Å²) in [5.41, 5.74) is 1.23. The Morgan fingerprint density at radius 2 is 2.19 bits per heavy atom. The molecule has 2 N–H and O–H groups in total. The molecule has 1 atom stereocenters. The van der Waals surface area contributed by atoms with Crippen molar-refractivity contribution in [2.24, 2.45) is 5.92 Å². The molecule has 4 heteroatoms. The number of carbonyl (C=O) groups excluding carboxylic acids is 1. The number of amides is 1. The van der Waals surface area contributed by atoms with Crippen LogP contribution in [0.2, 0.25) is 0 Å². The van der Waals surface area contributed by atoms with Crippen molar-refractivity contribution in [3.05, 3.63) is 22.4 Å². The number of hydrogen-bond acceptors (Lipinski definition) is 3. The zero-order valence-corrected chi connectivity index (χ0v) is 10.9. The molecular weight excluding hydrogens is 220 g/mol. The first-order valence-corrected chi connectivity index (χ1v) is 6.56. The van der Waals surface area contributed by atoms with E-state index in [2.05, 4.69) is 35.9 Å². The highest BCUT2D eigenvalue weighted by Gasteiger charge is 2.11. The predicted octanol–water partition coefficient (Wildman–Crippen LogP) is 2.00. The molecule has 0 aliphatic carbocycles. The van der Waals surface area contributed by atoms with Crippen molar-refractivity contribution in [1.29, 1.82) is 0 Å². The van der Waals surface area contributed by atoms with Crippen LogP contribution in [-0.2, 0) is 11.3 Å². The third kappa shape index (κ3) is 4.77. The second-order valence-electron chi connectivity index (χ2n) is 4.37. The minimum atomic E-state index is -0.140. The highest BCUT2D eigenvalue weighted by atomic mass is 32.1. The van der Waals surface area contributed by atoms with Gasteiger partial charge in [-0.15, -0.1) is 0 Å². The van der Waals surface area contributed by atoms with Crippen LogP contribution < -0.4 is 10.6 Å². The lowest BCUT2D eigenvalue weighted by Gasteiger charge is -2.14. The molecule has 1 heterocycles. The number of carbonyl (C=O) groups is 1. The lowest BCUT2D eigenvalue weighted by atomic mass is 10.2. The third-order valence-electron chi connectivity index (χ3n) is 2.27. The van der Waals surface area contributed by atoms with Crippen LogP contribution >= 0.6 is 11.3 Å². The van der Waals surface area contributed by atoms with E-state index in [0.29, 0.717) is 5.92 Å². The Labute approximate surface area is 101 Å². The Hall–Kier alpha value is -0.870. The van der Waals surface area contributed by atoms with Crippen LogP contribution in [0.4, 0.5) is 0 Å². The molecule has 0 spiro atoms. The highest BCUT2D eigenvalue weighted by Crippen LogP contribution is 2.05. The second kappa shape index (κ2) is 6.66. The molecular formula is C12H20N2OS. The Bertz CT molecular complexity index is 309. The summed E-state index contributed by atoms with van der Waals surface area (Å²) in [6, 6.07) is 1.93. The van der Waals surface area contributed by atoms with E-state index in [1.807, 2.05) is 12.3 Å². The van der Waals surface area contributed by atoms with Crippen LogP contribution in [-0.4, -0.2) is 18.5 Å². The molecule has 0 radical (unpaired) electrons. The zero-order valence-electron chi connectivity index (χ0n) is 10.1. The number of thiophene rings is 1. The van der Waals surface area contributed by atoms with Gasteiger partial charge in [0.25, 0.3) is 0 Å². The molecule has 0 saturated carbocycles. The normalized spacial score (nSPS) is 12.8. The quantitative estimate of drug-likeness (QED) is 0.798. The molecule has 90 valence electrons. The lowest BCUT2D eigenvalue weighted by Crippen LogP contribution is -2.42. The van der Waals surface area contributed by atoms with E-state index < -0.39 is 0 Å². The van der Waals surface area contributed by atoms with Gasteiger partial charge in [0.2, 0.25) is 5.91 Å². The van der Waals surface area contributed by atoms with E-state index >= 15 is 0 Å². The zero-order chi connectivity index (χ0) is 12.0. The van der Waals surface area contributed by atoms with Gasteiger partial charge in [-0.3, -0.25) is 4.79 Å². The van der Waals surface area contributed by atoms with E-state index in [-0.39, 0.29) is 11.9 Å². The molecule has 1 aromatic heterocycles. The van der Waals surface area contributed by atoms with E-state index in [0.717, 1.165) is 13.1 Å². The highest BCUT2D eigenvalue weighted by molar-refractivity contribution is 7.07. The molecule has 0 fully saturated rings. The maximum Gasteiger partial charge on any atom is 0.236 e. The van der Waals surface area contributed by atoms with Crippen molar-refractivity contribution in [2.75, 3.05) is 6.54 Å². The van der Waals surface area contributed by atoms with E-state index in [4.69, 9.17) is 0 Å². The molecule has 0 aliphatic heterocycles. The van der Waals surface area contributed by atoms with Crippen molar-refractivity contribution in [3.8, 4) is 0 Å². The van der Waals surface area contributed by atoms with Crippen molar-refractivity contribution in [3.63, 3.8) is 0 Å². The van der Waals surface area contributed by atoms with Gasteiger partial charge in [0, 0.05) is 13.1 Å². The van der Waals surface area contributed by atoms with Gasteiger partial charge in [-0.1, -0.05) is 13.8 Å². The summed E-state index contributed by atoms with van der Waals surface area (Å²) in [6.07, 6.45) is 0. The lowest BCUT2D eigenvalue weighted by molar-refractivity contribution is -0.122. The molecule has 16 heavy (non-hydrogen) atoms. The van der Waals surface area contributed by atoms with Gasteiger partial charge >= 0.3 is 0 Å². The first-order chi connectivity index (χ1) is 7.59. The fourth-order valence-corrected chi connectivity index (χ4v) is 1.88. The first-order valence-electron chi connectivity index (χ1n) is 5.61. The largest absolute Gasteiger partial charge is 0.354 e. The van der Waals surface area contributed by atoms with Gasteiger partial charge in [0.05, 0.1) is 6.04 Å². The minimum Gasteiger partial charge on any atom is -0.354 e. The van der Waals surface area contributed by atoms with E-state index in [1.165, 1.54) is 5.56 Å². The van der Waals surface area contributed by atoms with Crippen molar-refractivity contribution in [1.82, 2.24) is 10.6 Å². The first kappa shape index (κ1) is 13.2. The van der Waals surface area contributed by atoms with Crippen molar-refractivity contribution >= 4 is 17.2 Å². The molecule has 1 unspecified atom stereocenters. The Morgan fingerprint density at radius 3 is 2.75 bits per heavy atom. The van der Waals surface area contributed by atoms with Gasteiger partial charge in [-0.05, 0) is 35.2 Å². The van der Waals surface area contributed by atoms with Crippen molar-refractivity contribution in [2.45, 2.75) is 33.4 Å². The van der Waals surface area contributed by atoms with Gasteiger partial charge in [0.15, 0.2) is 0 Å². The van der Waals surface area contributed by atoms with Crippen LogP contribution in [0.25, 0.3) is 0 Å². The summed E-state index contributed by atoms with van der Waals surface area (Å²) in [6.45, 7) is 7.55. The fraction of sp³-hybridized carbons (Fsp3) is 0.583. The summed E-state index contributed by atoms with van der Waals surface area (Å²) < 4.78 is 0. The van der Waals surface area contributed by atoms with Gasteiger partial charge in [-0.25, -0.2) is 0 Å². The van der Waals surface area contributed by atoms with Crippen molar-refractivity contribution < 1.29 is 4.79 Å². The standard InChI is InChI=1S/C12H20N2OS/c1-9(2)6-14-12(15)10(3)13-7-11-4-5-16-8-11/h4-5,8-10,13H,6-7H2,1-3H3,(H,14,15). The minimum absolute atomic E-state index is 0.0731. The van der Waals surface area contributed by atoms with Gasteiger partial charge < -0.3 is 10.6 Å². The third-order valence-corrected chi connectivity index (χ3v) is 3.00. The summed E-state index contributed by atoms with van der Waals surface area (Å²) in [7, 11) is 0. The smallest absolute Gasteiger partial charge is 0.236 e. The van der Waals surface area contributed by atoms with Crippen LogP contribution in [0.15, 0.2) is 16.8 Å². The van der Waals surface area contributed by atoms with E-state index in [9.17, 15) is 4.79 Å². The Kier molecular flexibility index (Phi) is 5.49. The average Bonchev–Trinajstić information content (AvgIpc) is 2.75.